The van der Waals surface area contributed by atoms with Gasteiger partial charge in [0.05, 0.1) is 0 Å². The summed E-state index contributed by atoms with van der Waals surface area (Å²) in [4.78, 5) is 15.2. The number of hydrogen-bond acceptors (Lipinski definition) is 5. The van der Waals surface area contributed by atoms with Gasteiger partial charge in [0.1, 0.15) is 0 Å². The third-order valence-corrected chi connectivity index (χ3v) is 10.4. The van der Waals surface area contributed by atoms with Crippen molar-refractivity contribution in [1.82, 2.24) is 15.0 Å². The van der Waals surface area contributed by atoms with E-state index in [2.05, 4.69) is 117 Å². The van der Waals surface area contributed by atoms with Gasteiger partial charge in [-0.2, -0.15) is 0 Å². The van der Waals surface area contributed by atoms with E-state index in [0.717, 1.165) is 44.7 Å². The predicted molar refractivity (Wildman–Crippen MR) is 211 cm³/mol. The molecule has 252 valence electrons. The van der Waals surface area contributed by atoms with Crippen molar-refractivity contribution >= 4 is 0 Å². The summed E-state index contributed by atoms with van der Waals surface area (Å²) < 4.78 is 13.4. The maximum Gasteiger partial charge on any atom is 0.177 e. The molecule has 2 heterocycles. The summed E-state index contributed by atoms with van der Waals surface area (Å²) in [5, 5.41) is 0. The lowest BCUT2D eigenvalue weighted by Crippen LogP contribution is -2.15. The van der Waals surface area contributed by atoms with Crippen molar-refractivity contribution in [2.45, 2.75) is 19.3 Å². The highest BCUT2D eigenvalue weighted by Gasteiger charge is 2.37. The Morgan fingerprint density at radius 3 is 1.62 bits per heavy atom. The van der Waals surface area contributed by atoms with Gasteiger partial charge in [0.15, 0.2) is 40.5 Å². The molecule has 1 aliphatic carbocycles. The second-order valence-corrected chi connectivity index (χ2v) is 14.0. The minimum atomic E-state index is -0.142. The molecular formula is C48H33N3O2. The van der Waals surface area contributed by atoms with Crippen LogP contribution < -0.4 is 9.47 Å². The van der Waals surface area contributed by atoms with Crippen molar-refractivity contribution in [2.75, 3.05) is 0 Å². The van der Waals surface area contributed by atoms with Crippen molar-refractivity contribution in [3.05, 3.63) is 175 Å². The molecule has 2 aliphatic rings. The molecule has 0 unspecified atom stereocenters. The first-order valence-electron chi connectivity index (χ1n) is 17.9. The highest BCUT2D eigenvalue weighted by Crippen LogP contribution is 2.56. The maximum absolute atomic E-state index is 6.82. The highest BCUT2D eigenvalue weighted by molar-refractivity contribution is 5.88. The molecule has 5 heteroatoms. The molecule has 0 amide bonds. The SMILES string of the molecule is CC1(C)c2ccccc2-c2cc3c(cc21)Oc1cccc(-c2ccccc2-c2nc(-c4ccccc4)nc(-c4ccc(-c5ccccc5)cc4)n2)c1O3. The second kappa shape index (κ2) is 12.1. The van der Waals surface area contributed by atoms with Gasteiger partial charge in [0.2, 0.25) is 0 Å². The lowest BCUT2D eigenvalue weighted by atomic mass is 9.82. The normalized spacial score (nSPS) is 13.2. The van der Waals surface area contributed by atoms with E-state index in [1.807, 2.05) is 60.7 Å². The van der Waals surface area contributed by atoms with Crippen molar-refractivity contribution in [3.63, 3.8) is 0 Å². The molecule has 5 nitrogen and oxygen atoms in total. The van der Waals surface area contributed by atoms with Crippen LogP contribution in [0, 0.1) is 0 Å². The Bertz CT molecular complexity index is 2690. The third-order valence-electron chi connectivity index (χ3n) is 10.4. The van der Waals surface area contributed by atoms with Crippen molar-refractivity contribution < 1.29 is 9.47 Å². The highest BCUT2D eigenvalue weighted by atomic mass is 16.6. The van der Waals surface area contributed by atoms with Gasteiger partial charge in [-0.25, -0.2) is 15.0 Å². The Balaban J connectivity index is 1.08. The number of fused-ring (bicyclic) bond motifs is 5. The van der Waals surface area contributed by atoms with Gasteiger partial charge in [-0.15, -0.1) is 0 Å². The summed E-state index contributed by atoms with van der Waals surface area (Å²) >= 11 is 0. The molecule has 10 rings (SSSR count). The minimum Gasteiger partial charge on any atom is -0.449 e. The number of nitrogens with zero attached hydrogens (tertiary/aromatic N) is 3. The van der Waals surface area contributed by atoms with E-state index in [9.17, 15) is 0 Å². The molecule has 7 aromatic carbocycles. The molecule has 0 saturated carbocycles. The van der Waals surface area contributed by atoms with Gasteiger partial charge in [-0.1, -0.05) is 159 Å². The van der Waals surface area contributed by atoms with Crippen LogP contribution in [0.3, 0.4) is 0 Å². The second-order valence-electron chi connectivity index (χ2n) is 14.0. The standard InChI is InChI=1S/C48H33N3O2/c1-48(2)39-22-12-11-19-35(39)38-28-42-43(29-40(38)48)52-41-23-13-21-36(44(41)53-42)34-18-9-10-20-37(34)47-50-45(32-16-7-4-8-17-32)49-46(51-47)33-26-24-31(25-27-33)30-14-5-3-6-15-30/h3-29H,1-2H3. The number of para-hydroxylation sites is 1. The van der Waals surface area contributed by atoms with E-state index < -0.39 is 0 Å². The molecule has 0 bridgehead atoms. The van der Waals surface area contributed by atoms with Crippen molar-refractivity contribution in [1.29, 1.82) is 0 Å². The molecule has 1 aliphatic heterocycles. The van der Waals surface area contributed by atoms with Crippen LogP contribution in [0.15, 0.2) is 164 Å². The molecular weight excluding hydrogens is 651 g/mol. The van der Waals surface area contributed by atoms with Crippen LogP contribution in [0.5, 0.6) is 23.0 Å². The number of benzene rings is 7. The Morgan fingerprint density at radius 2 is 0.887 bits per heavy atom. The average Bonchev–Trinajstić information content (AvgIpc) is 3.44. The molecule has 53 heavy (non-hydrogen) atoms. The van der Waals surface area contributed by atoms with E-state index in [1.165, 1.54) is 22.3 Å². The zero-order valence-corrected chi connectivity index (χ0v) is 29.2. The first kappa shape index (κ1) is 30.9. The minimum absolute atomic E-state index is 0.142. The molecule has 1 aromatic heterocycles. The van der Waals surface area contributed by atoms with E-state index in [-0.39, 0.29) is 5.41 Å². The Hall–Kier alpha value is -6.85. The average molecular weight is 684 g/mol. The van der Waals surface area contributed by atoms with Gasteiger partial charge in [0.25, 0.3) is 0 Å². The number of aromatic nitrogens is 3. The van der Waals surface area contributed by atoms with Crippen LogP contribution in [0.1, 0.15) is 25.0 Å². The van der Waals surface area contributed by atoms with Crippen LogP contribution in [0.2, 0.25) is 0 Å². The number of hydrogen-bond donors (Lipinski definition) is 0. The summed E-state index contributed by atoms with van der Waals surface area (Å²) in [6.45, 7) is 4.54. The van der Waals surface area contributed by atoms with Crippen LogP contribution >= 0.6 is 0 Å². The smallest absolute Gasteiger partial charge is 0.177 e. The fraction of sp³-hybridized carbons (Fsp3) is 0.0625. The van der Waals surface area contributed by atoms with E-state index in [0.29, 0.717) is 34.7 Å². The first-order valence-corrected chi connectivity index (χ1v) is 17.9. The Labute approximate surface area is 308 Å². The molecule has 0 radical (unpaired) electrons. The van der Waals surface area contributed by atoms with Crippen molar-refractivity contribution in [2.24, 2.45) is 0 Å². The molecule has 0 fully saturated rings. The van der Waals surface area contributed by atoms with Gasteiger partial charge < -0.3 is 9.47 Å². The molecule has 0 spiro atoms. The Kier molecular flexibility index (Phi) is 7.08. The fourth-order valence-corrected chi connectivity index (χ4v) is 7.71. The molecule has 0 atom stereocenters. The maximum atomic E-state index is 6.82. The lowest BCUT2D eigenvalue weighted by Gasteiger charge is -2.26. The van der Waals surface area contributed by atoms with Crippen LogP contribution in [0.25, 0.3) is 67.5 Å². The van der Waals surface area contributed by atoms with Crippen LogP contribution in [-0.2, 0) is 5.41 Å². The fourth-order valence-electron chi connectivity index (χ4n) is 7.71. The molecule has 0 N–H and O–H groups in total. The van der Waals surface area contributed by atoms with Gasteiger partial charge in [-0.3, -0.25) is 0 Å². The molecule has 8 aromatic rings. The first-order chi connectivity index (χ1) is 26.0. The summed E-state index contributed by atoms with van der Waals surface area (Å²) in [6, 6.07) is 55.9. The largest absolute Gasteiger partial charge is 0.449 e. The van der Waals surface area contributed by atoms with Gasteiger partial charge in [-0.05, 0) is 57.1 Å². The zero-order chi connectivity index (χ0) is 35.5. The zero-order valence-electron chi connectivity index (χ0n) is 29.2. The number of rotatable bonds is 5. The summed E-state index contributed by atoms with van der Waals surface area (Å²) in [5.41, 5.74) is 11.6. The quantitative estimate of drug-likeness (QED) is 0.181. The van der Waals surface area contributed by atoms with Crippen LogP contribution in [0.4, 0.5) is 0 Å². The monoisotopic (exact) mass is 683 g/mol. The van der Waals surface area contributed by atoms with E-state index >= 15 is 0 Å². The van der Waals surface area contributed by atoms with Crippen LogP contribution in [-0.4, -0.2) is 15.0 Å². The topological polar surface area (TPSA) is 57.1 Å². The predicted octanol–water partition coefficient (Wildman–Crippen LogP) is 12.4. The van der Waals surface area contributed by atoms with Gasteiger partial charge >= 0.3 is 0 Å². The van der Waals surface area contributed by atoms with E-state index in [4.69, 9.17) is 24.4 Å². The number of ether oxygens (including phenoxy) is 2. The Morgan fingerprint density at radius 1 is 0.358 bits per heavy atom. The molecule has 0 saturated heterocycles. The third kappa shape index (κ3) is 5.20. The van der Waals surface area contributed by atoms with Gasteiger partial charge in [0, 0.05) is 27.7 Å². The lowest BCUT2D eigenvalue weighted by molar-refractivity contribution is 0.360. The van der Waals surface area contributed by atoms with Crippen molar-refractivity contribution in [3.8, 4) is 90.5 Å². The van der Waals surface area contributed by atoms with E-state index in [1.54, 1.807) is 0 Å². The summed E-state index contributed by atoms with van der Waals surface area (Å²) in [6.07, 6.45) is 0. The summed E-state index contributed by atoms with van der Waals surface area (Å²) in [7, 11) is 0. The summed E-state index contributed by atoms with van der Waals surface area (Å²) in [5.74, 6) is 4.52.